The Morgan fingerprint density at radius 1 is 1.17 bits per heavy atom. The van der Waals surface area contributed by atoms with Gasteiger partial charge in [-0.15, -0.1) is 0 Å². The summed E-state index contributed by atoms with van der Waals surface area (Å²) in [5, 5.41) is 20.1. The maximum atomic E-state index is 11.9. The molecule has 128 valence electrons. The molecule has 1 saturated heterocycles. The van der Waals surface area contributed by atoms with E-state index in [2.05, 4.69) is 0 Å². The van der Waals surface area contributed by atoms with Gasteiger partial charge in [0.2, 0.25) is 0 Å². The van der Waals surface area contributed by atoms with Crippen molar-refractivity contribution in [1.82, 2.24) is 9.47 Å². The number of aliphatic carboxylic acids is 2. The van der Waals surface area contributed by atoms with Crippen molar-refractivity contribution in [3.8, 4) is 0 Å². The Bertz CT molecular complexity index is 780. The van der Waals surface area contributed by atoms with Gasteiger partial charge in [0.05, 0.1) is 5.52 Å². The van der Waals surface area contributed by atoms with Gasteiger partial charge >= 0.3 is 11.9 Å². The van der Waals surface area contributed by atoms with Crippen LogP contribution in [0.15, 0.2) is 24.4 Å². The van der Waals surface area contributed by atoms with Crippen LogP contribution in [0.1, 0.15) is 30.9 Å². The fraction of sp³-hybridized carbons (Fsp3) is 0.412. The number of carbonyl (C=O) groups is 2. The highest BCUT2D eigenvalue weighted by Gasteiger charge is 2.31. The third kappa shape index (κ3) is 3.25. The van der Waals surface area contributed by atoms with Gasteiger partial charge in [0, 0.05) is 22.2 Å². The lowest BCUT2D eigenvalue weighted by molar-refractivity contribution is -0.144. The third-order valence-corrected chi connectivity index (χ3v) is 4.70. The molecule has 0 radical (unpaired) electrons. The molecule has 1 unspecified atom stereocenters. The number of aromatic nitrogens is 1. The van der Waals surface area contributed by atoms with Crippen molar-refractivity contribution < 1.29 is 19.8 Å². The molecule has 2 N–H and O–H groups in total. The highest BCUT2D eigenvalue weighted by molar-refractivity contribution is 6.31. The van der Waals surface area contributed by atoms with Crippen LogP contribution in [0.3, 0.4) is 0 Å². The molecule has 1 aliphatic rings. The number of nitrogens with zero attached hydrogens (tertiary/aromatic N) is 2. The average molecular weight is 351 g/mol. The fourth-order valence-electron chi connectivity index (χ4n) is 3.45. The summed E-state index contributed by atoms with van der Waals surface area (Å²) in [6.07, 6.45) is 4.70. The molecule has 1 aromatic heterocycles. The Morgan fingerprint density at radius 2 is 1.88 bits per heavy atom. The number of fused-ring (bicyclic) bond motifs is 1. The second-order valence-electron chi connectivity index (χ2n) is 6.10. The maximum absolute atomic E-state index is 11.9. The van der Waals surface area contributed by atoms with Gasteiger partial charge in [-0.1, -0.05) is 24.1 Å². The fourth-order valence-corrected chi connectivity index (χ4v) is 3.62. The Balaban J connectivity index is 2.12. The highest BCUT2D eigenvalue weighted by Crippen LogP contribution is 2.33. The molecule has 0 bridgehead atoms. The van der Waals surface area contributed by atoms with Crippen molar-refractivity contribution in [3.63, 3.8) is 0 Å². The summed E-state index contributed by atoms with van der Waals surface area (Å²) in [7, 11) is 0. The van der Waals surface area contributed by atoms with Crippen LogP contribution >= 0.6 is 11.6 Å². The van der Waals surface area contributed by atoms with E-state index in [0.29, 0.717) is 16.1 Å². The second-order valence-corrected chi connectivity index (χ2v) is 6.54. The number of likely N-dealkylation sites (tertiary alicyclic amines) is 1. The summed E-state index contributed by atoms with van der Waals surface area (Å²) in [6.45, 7) is 1.23. The number of benzene rings is 1. The van der Waals surface area contributed by atoms with E-state index in [1.807, 2.05) is 4.90 Å². The SMILES string of the molecule is O=C(O)Cn1cc(C(C(=O)O)N2CCCCC2)c2ccc(Cl)cc21. The summed E-state index contributed by atoms with van der Waals surface area (Å²) in [5.41, 5.74) is 1.26. The molecule has 2 heterocycles. The van der Waals surface area contributed by atoms with E-state index < -0.39 is 18.0 Å². The van der Waals surface area contributed by atoms with Gasteiger partial charge in [-0.2, -0.15) is 0 Å². The minimum absolute atomic E-state index is 0.233. The Labute approximate surface area is 144 Å². The molecule has 0 saturated carbocycles. The van der Waals surface area contributed by atoms with E-state index in [0.717, 1.165) is 37.7 Å². The maximum Gasteiger partial charge on any atom is 0.325 e. The van der Waals surface area contributed by atoms with Crippen LogP contribution in [-0.4, -0.2) is 44.7 Å². The number of halogens is 1. The molecule has 0 aliphatic carbocycles. The lowest BCUT2D eigenvalue weighted by Gasteiger charge is -2.31. The number of carboxylic acid groups (broad SMARTS) is 2. The smallest absolute Gasteiger partial charge is 0.325 e. The minimum Gasteiger partial charge on any atom is -0.480 e. The Morgan fingerprint density at radius 3 is 2.50 bits per heavy atom. The topological polar surface area (TPSA) is 82.8 Å². The largest absolute Gasteiger partial charge is 0.480 e. The first-order valence-electron chi connectivity index (χ1n) is 7.94. The van der Waals surface area contributed by atoms with Gasteiger partial charge in [-0.05, 0) is 38.1 Å². The third-order valence-electron chi connectivity index (χ3n) is 4.47. The van der Waals surface area contributed by atoms with Crippen LogP contribution in [0.5, 0.6) is 0 Å². The first kappa shape index (κ1) is 16.8. The molecular formula is C17H19ClN2O4. The predicted octanol–water partition coefficient (Wildman–Crippen LogP) is 2.99. The van der Waals surface area contributed by atoms with Gasteiger partial charge in [0.15, 0.2) is 0 Å². The van der Waals surface area contributed by atoms with Gasteiger partial charge in [-0.25, -0.2) is 0 Å². The van der Waals surface area contributed by atoms with Gasteiger partial charge in [0.25, 0.3) is 0 Å². The lowest BCUT2D eigenvalue weighted by atomic mass is 10.0. The Kier molecular flexibility index (Phi) is 4.78. The van der Waals surface area contributed by atoms with Crippen LogP contribution < -0.4 is 0 Å². The van der Waals surface area contributed by atoms with Crippen LogP contribution in [0, 0.1) is 0 Å². The van der Waals surface area contributed by atoms with Crippen molar-refractivity contribution in [1.29, 1.82) is 0 Å². The standard InChI is InChI=1S/C17H19ClN2O4/c18-11-4-5-12-13(9-20(10-15(21)22)14(12)8-11)16(17(23)24)19-6-2-1-3-7-19/h4-5,8-9,16H,1-3,6-7,10H2,(H,21,22)(H,23,24). The number of hydrogen-bond acceptors (Lipinski definition) is 3. The van der Waals surface area contributed by atoms with Crippen LogP contribution in [0.2, 0.25) is 5.02 Å². The van der Waals surface area contributed by atoms with Gasteiger partial charge in [0.1, 0.15) is 12.6 Å². The first-order chi connectivity index (χ1) is 11.5. The molecule has 1 aliphatic heterocycles. The van der Waals surface area contributed by atoms with E-state index in [4.69, 9.17) is 16.7 Å². The molecule has 1 fully saturated rings. The van der Waals surface area contributed by atoms with E-state index in [9.17, 15) is 14.7 Å². The normalized spacial score (nSPS) is 17.0. The number of piperidine rings is 1. The van der Waals surface area contributed by atoms with Crippen LogP contribution in [0.25, 0.3) is 10.9 Å². The second kappa shape index (κ2) is 6.83. The molecule has 3 rings (SSSR count). The minimum atomic E-state index is -0.983. The molecule has 24 heavy (non-hydrogen) atoms. The van der Waals surface area contributed by atoms with Crippen molar-refractivity contribution in [3.05, 3.63) is 35.0 Å². The summed E-state index contributed by atoms with van der Waals surface area (Å²) in [4.78, 5) is 25.0. The van der Waals surface area contributed by atoms with E-state index in [1.54, 1.807) is 29.0 Å². The van der Waals surface area contributed by atoms with E-state index in [-0.39, 0.29) is 6.54 Å². The first-order valence-corrected chi connectivity index (χ1v) is 8.32. The molecule has 1 atom stereocenters. The molecule has 2 aromatic rings. The monoisotopic (exact) mass is 350 g/mol. The molecule has 0 spiro atoms. The molecule has 6 nitrogen and oxygen atoms in total. The van der Waals surface area contributed by atoms with E-state index >= 15 is 0 Å². The Hall–Kier alpha value is -2.05. The highest BCUT2D eigenvalue weighted by atomic mass is 35.5. The summed E-state index contributed by atoms with van der Waals surface area (Å²) in [6, 6.07) is 4.38. The van der Waals surface area contributed by atoms with Crippen molar-refractivity contribution in [2.45, 2.75) is 31.8 Å². The van der Waals surface area contributed by atoms with Gasteiger partial charge in [-0.3, -0.25) is 14.5 Å². The quantitative estimate of drug-likeness (QED) is 0.866. The molecule has 0 amide bonds. The number of hydrogen-bond donors (Lipinski definition) is 2. The number of carboxylic acids is 2. The average Bonchev–Trinajstić information content (AvgIpc) is 2.85. The van der Waals surface area contributed by atoms with Crippen LogP contribution in [0.4, 0.5) is 0 Å². The molecule has 7 heteroatoms. The summed E-state index contributed by atoms with van der Waals surface area (Å²) in [5.74, 6) is -1.90. The zero-order valence-corrected chi connectivity index (χ0v) is 13.9. The summed E-state index contributed by atoms with van der Waals surface area (Å²) >= 11 is 6.04. The van der Waals surface area contributed by atoms with Crippen molar-refractivity contribution in [2.75, 3.05) is 13.1 Å². The van der Waals surface area contributed by atoms with E-state index in [1.165, 1.54) is 0 Å². The van der Waals surface area contributed by atoms with Crippen molar-refractivity contribution >= 4 is 34.4 Å². The number of rotatable bonds is 5. The predicted molar refractivity (Wildman–Crippen MR) is 90.4 cm³/mol. The van der Waals surface area contributed by atoms with Gasteiger partial charge < -0.3 is 14.8 Å². The van der Waals surface area contributed by atoms with Crippen LogP contribution in [-0.2, 0) is 16.1 Å². The molecular weight excluding hydrogens is 332 g/mol. The molecule has 1 aromatic carbocycles. The van der Waals surface area contributed by atoms with Crippen molar-refractivity contribution in [2.24, 2.45) is 0 Å². The zero-order valence-electron chi connectivity index (χ0n) is 13.1. The zero-order chi connectivity index (χ0) is 17.3. The summed E-state index contributed by atoms with van der Waals surface area (Å²) < 4.78 is 1.55. The lowest BCUT2D eigenvalue weighted by Crippen LogP contribution is -2.37.